The Hall–Kier alpha value is -3.63. The summed E-state index contributed by atoms with van der Waals surface area (Å²) in [6.07, 6.45) is -0.151. The fourth-order valence-electron chi connectivity index (χ4n) is 4.52. The first kappa shape index (κ1) is 19.1. The molecule has 6 rings (SSSR count). The average molecular weight is 439 g/mol. The Labute approximate surface area is 190 Å². The molecular formula is C27H19ClN2O2. The smallest absolute Gasteiger partial charge is 0.251 e. The molecule has 2 atom stereocenters. The second-order valence-corrected chi connectivity index (χ2v) is 8.53. The second kappa shape index (κ2) is 7.50. The van der Waals surface area contributed by atoms with Crippen molar-refractivity contribution in [3.8, 4) is 5.75 Å². The lowest BCUT2D eigenvalue weighted by molar-refractivity contribution is -0.00455. The Bertz CT molecular complexity index is 1380. The summed E-state index contributed by atoms with van der Waals surface area (Å²) in [6.45, 7) is 0. The van der Waals surface area contributed by atoms with Crippen molar-refractivity contribution in [2.75, 3.05) is 0 Å². The van der Waals surface area contributed by atoms with Crippen molar-refractivity contribution < 1.29 is 9.53 Å². The molecule has 4 nitrogen and oxygen atoms in total. The van der Waals surface area contributed by atoms with E-state index < -0.39 is 6.23 Å². The van der Waals surface area contributed by atoms with Gasteiger partial charge < -0.3 is 4.74 Å². The molecule has 0 bridgehead atoms. The van der Waals surface area contributed by atoms with E-state index in [1.165, 1.54) is 5.39 Å². The monoisotopic (exact) mass is 438 g/mol. The minimum Gasteiger partial charge on any atom is -0.461 e. The van der Waals surface area contributed by atoms with E-state index in [0.717, 1.165) is 22.2 Å². The molecule has 0 aliphatic carbocycles. The summed E-state index contributed by atoms with van der Waals surface area (Å²) in [7, 11) is 0. The van der Waals surface area contributed by atoms with Crippen LogP contribution in [0.5, 0.6) is 5.75 Å². The van der Waals surface area contributed by atoms with E-state index in [2.05, 4.69) is 30.3 Å². The van der Waals surface area contributed by atoms with Crippen LogP contribution >= 0.6 is 11.6 Å². The molecular weight excluding hydrogens is 420 g/mol. The Balaban J connectivity index is 1.44. The quantitative estimate of drug-likeness (QED) is 0.355. The van der Waals surface area contributed by atoms with E-state index in [1.54, 1.807) is 11.1 Å². The van der Waals surface area contributed by atoms with E-state index >= 15 is 0 Å². The molecule has 0 saturated carbocycles. The first-order valence-corrected chi connectivity index (χ1v) is 11.0. The van der Waals surface area contributed by atoms with Gasteiger partial charge in [0.15, 0.2) is 0 Å². The van der Waals surface area contributed by atoms with Gasteiger partial charge in [-0.3, -0.25) is 4.79 Å². The maximum atomic E-state index is 13.4. The highest BCUT2D eigenvalue weighted by Crippen LogP contribution is 2.44. The van der Waals surface area contributed by atoms with Gasteiger partial charge in [0.25, 0.3) is 6.23 Å². The maximum absolute atomic E-state index is 13.4. The number of rotatable bonds is 3. The second-order valence-electron chi connectivity index (χ2n) is 8.09. The highest BCUT2D eigenvalue weighted by atomic mass is 35.5. The highest BCUT2D eigenvalue weighted by molar-refractivity contribution is 6.30. The molecule has 4 aromatic carbocycles. The fourth-order valence-corrected chi connectivity index (χ4v) is 4.70. The van der Waals surface area contributed by atoms with Crippen LogP contribution in [-0.2, 0) is 0 Å². The van der Waals surface area contributed by atoms with Crippen LogP contribution in [0.15, 0.2) is 96.1 Å². The number of nitrogens with zero attached hydrogens (tertiary/aromatic N) is 2. The van der Waals surface area contributed by atoms with Crippen molar-refractivity contribution in [1.29, 1.82) is 0 Å². The van der Waals surface area contributed by atoms with Crippen LogP contribution in [0.1, 0.15) is 33.9 Å². The molecule has 0 aromatic heterocycles. The number of ketones is 1. The maximum Gasteiger partial charge on any atom is 0.251 e. The molecule has 0 radical (unpaired) electrons. The molecule has 0 amide bonds. The summed E-state index contributed by atoms with van der Waals surface area (Å²) in [6, 6.07) is 29.3. The van der Waals surface area contributed by atoms with Gasteiger partial charge in [-0.05, 0) is 40.6 Å². The Kier molecular flexibility index (Phi) is 4.47. The number of carbonyl (C=O) groups is 1. The number of hydrogen-bond donors (Lipinski definition) is 0. The van der Waals surface area contributed by atoms with Crippen LogP contribution in [0.3, 0.4) is 0 Å². The zero-order valence-electron chi connectivity index (χ0n) is 17.1. The third-order valence-electron chi connectivity index (χ3n) is 6.12. The van der Waals surface area contributed by atoms with Gasteiger partial charge in [0.05, 0.1) is 11.8 Å². The van der Waals surface area contributed by atoms with Gasteiger partial charge in [-0.1, -0.05) is 78.3 Å². The van der Waals surface area contributed by atoms with Crippen molar-refractivity contribution >= 4 is 33.9 Å². The number of hydrogen-bond acceptors (Lipinski definition) is 4. The molecule has 5 heteroatoms. The lowest BCUT2D eigenvalue weighted by Gasteiger charge is -2.37. The summed E-state index contributed by atoms with van der Waals surface area (Å²) in [5, 5.41) is 9.69. The van der Waals surface area contributed by atoms with Gasteiger partial charge in [0.1, 0.15) is 5.75 Å². The SMILES string of the molecule is O=C(c1ccccc1)[C@H]1Oc2ccc(Cl)cc2[C@@H]2CC(c3ccc4ccccc4c3)=NN12. The highest BCUT2D eigenvalue weighted by Gasteiger charge is 2.43. The van der Waals surface area contributed by atoms with Crippen molar-refractivity contribution in [1.82, 2.24) is 5.01 Å². The summed E-state index contributed by atoms with van der Waals surface area (Å²) in [4.78, 5) is 13.4. The molecule has 2 aliphatic rings. The van der Waals surface area contributed by atoms with Gasteiger partial charge in [0.2, 0.25) is 5.78 Å². The third kappa shape index (κ3) is 3.15. The molecule has 32 heavy (non-hydrogen) atoms. The molecule has 4 aromatic rings. The van der Waals surface area contributed by atoms with Crippen molar-refractivity contribution in [2.45, 2.75) is 18.7 Å². The zero-order chi connectivity index (χ0) is 21.7. The van der Waals surface area contributed by atoms with E-state index in [4.69, 9.17) is 21.4 Å². The largest absolute Gasteiger partial charge is 0.461 e. The summed E-state index contributed by atoms with van der Waals surface area (Å²) in [5.41, 5.74) is 3.53. The average Bonchev–Trinajstić information content (AvgIpc) is 3.29. The third-order valence-corrected chi connectivity index (χ3v) is 6.35. The van der Waals surface area contributed by atoms with E-state index in [1.807, 2.05) is 54.6 Å². The number of carbonyl (C=O) groups excluding carboxylic acids is 1. The molecule has 2 aliphatic heterocycles. The molecule has 0 spiro atoms. The minimum absolute atomic E-state index is 0.111. The lowest BCUT2D eigenvalue weighted by atomic mass is 9.95. The Morgan fingerprint density at radius 3 is 2.53 bits per heavy atom. The molecule has 0 N–H and O–H groups in total. The first-order chi connectivity index (χ1) is 15.7. The van der Waals surface area contributed by atoms with Crippen LogP contribution < -0.4 is 4.74 Å². The predicted molar refractivity (Wildman–Crippen MR) is 126 cm³/mol. The van der Waals surface area contributed by atoms with Crippen molar-refractivity contribution in [3.63, 3.8) is 0 Å². The number of Topliss-reactive ketones (excluding diaryl/α,β-unsaturated/α-hetero) is 1. The van der Waals surface area contributed by atoms with Gasteiger partial charge in [-0.2, -0.15) is 5.10 Å². The predicted octanol–water partition coefficient (Wildman–Crippen LogP) is 6.25. The van der Waals surface area contributed by atoms with Crippen LogP contribution in [0.4, 0.5) is 0 Å². The molecule has 0 fully saturated rings. The number of benzene rings is 4. The first-order valence-electron chi connectivity index (χ1n) is 10.6. The summed E-state index contributed by atoms with van der Waals surface area (Å²) < 4.78 is 6.18. The minimum atomic E-state index is -0.825. The van der Waals surface area contributed by atoms with Gasteiger partial charge in [-0.25, -0.2) is 5.01 Å². The Morgan fingerprint density at radius 2 is 1.69 bits per heavy atom. The van der Waals surface area contributed by atoms with Crippen LogP contribution in [0.2, 0.25) is 5.02 Å². The topological polar surface area (TPSA) is 41.9 Å². The number of fused-ring (bicyclic) bond motifs is 4. The van der Waals surface area contributed by atoms with Gasteiger partial charge >= 0.3 is 0 Å². The number of hydrazone groups is 1. The molecule has 2 heterocycles. The number of ether oxygens (including phenoxy) is 1. The summed E-state index contributed by atoms with van der Waals surface area (Å²) >= 11 is 6.30. The number of halogens is 1. The van der Waals surface area contributed by atoms with E-state index in [9.17, 15) is 4.79 Å². The van der Waals surface area contributed by atoms with Crippen LogP contribution in [0, 0.1) is 0 Å². The van der Waals surface area contributed by atoms with E-state index in [0.29, 0.717) is 22.8 Å². The standard InChI is InChI=1S/C27H19ClN2O2/c28-21-12-13-25-22(15-21)24-16-23(20-11-10-17-6-4-5-9-19(17)14-20)29-30(24)27(32-25)26(31)18-7-2-1-3-8-18/h1-15,24,27H,16H2/t24-,27+/m0/s1. The van der Waals surface area contributed by atoms with Gasteiger partial charge in [0, 0.05) is 22.6 Å². The molecule has 156 valence electrons. The molecule has 0 saturated heterocycles. The molecule has 0 unspecified atom stereocenters. The summed E-state index contributed by atoms with van der Waals surface area (Å²) in [5.74, 6) is 0.569. The van der Waals surface area contributed by atoms with Crippen molar-refractivity contribution in [3.05, 3.63) is 113 Å². The van der Waals surface area contributed by atoms with E-state index in [-0.39, 0.29) is 11.8 Å². The fraction of sp³-hybridized carbons (Fsp3) is 0.111. The normalized spacial score (nSPS) is 19.2. The van der Waals surface area contributed by atoms with Crippen LogP contribution in [-0.4, -0.2) is 22.7 Å². The Morgan fingerprint density at radius 1 is 0.906 bits per heavy atom. The van der Waals surface area contributed by atoms with Crippen LogP contribution in [0.25, 0.3) is 10.8 Å². The van der Waals surface area contributed by atoms with Crippen molar-refractivity contribution in [2.24, 2.45) is 5.10 Å². The zero-order valence-corrected chi connectivity index (χ0v) is 17.9. The van der Waals surface area contributed by atoms with Gasteiger partial charge in [-0.15, -0.1) is 0 Å². The lowest BCUT2D eigenvalue weighted by Crippen LogP contribution is -2.45.